The van der Waals surface area contributed by atoms with Gasteiger partial charge in [0.1, 0.15) is 66.5 Å². The molecule has 1 aliphatic heterocycles. The van der Waals surface area contributed by atoms with Gasteiger partial charge >= 0.3 is 11.9 Å². The van der Waals surface area contributed by atoms with Gasteiger partial charge in [-0.05, 0) is 142 Å². The van der Waals surface area contributed by atoms with Gasteiger partial charge in [-0.2, -0.15) is 0 Å². The van der Waals surface area contributed by atoms with E-state index < -0.39 is 248 Å². The molecular formula is C72H134N38O20. The highest BCUT2D eigenvalue weighted by atomic mass is 16.4. The van der Waals surface area contributed by atoms with Gasteiger partial charge in [0.15, 0.2) is 41.7 Å². The zero-order valence-corrected chi connectivity index (χ0v) is 72.6. The summed E-state index contributed by atoms with van der Waals surface area (Å²) in [7, 11) is 0. The molecule has 0 aromatic rings. The van der Waals surface area contributed by atoms with Crippen LogP contribution in [0.2, 0.25) is 0 Å². The SMILES string of the molecule is C[C@H](NC(=O)[C@@H](N)CCCNC(=N)N)C(=O)N[C@@H](CCCNC(=N)N)C(=O)NCC(=O)N[C@@H](CCCNC(=N)N)C(=O)NCC(=O)N[C@@H](CCCNC(=N)N)C(=O)NCC(=O)N[C@@H](CCCNC(=N)N)C(=O)NCC(=O)N[C@@H](CCC(=O)O)C(=O)N[C@@H](CCCCN)C(=O)N[C@@H](CCCNC(=N)N)C(=O)N1CCC[C@H]1C(=O)N[C@@H](CCCNC(=N)N)C(=O)N[C@@H](CO)C(=O)O. The molecule has 58 heteroatoms. The fraction of sp³-hybridized carbons (Fsp3) is 0.667. The molecule has 49 N–H and O–H groups in total. The number of aliphatic carboxylic acids is 2. The number of carbonyl (C=O) groups is 17. The molecule has 58 nitrogen and oxygen atoms in total. The third-order valence-corrected chi connectivity index (χ3v) is 19.0. The molecule has 0 radical (unpaired) electrons. The first-order chi connectivity index (χ1) is 61.4. The van der Waals surface area contributed by atoms with Gasteiger partial charge in [-0.25, -0.2) is 4.79 Å². The first-order valence-corrected chi connectivity index (χ1v) is 41.9. The monoisotopic (exact) mass is 1850 g/mol. The minimum absolute atomic E-state index is 0.00201. The van der Waals surface area contributed by atoms with Gasteiger partial charge in [0.25, 0.3) is 0 Å². The molecule has 1 aliphatic rings. The van der Waals surface area contributed by atoms with Crippen LogP contribution < -0.4 is 163 Å². The number of amides is 15. The Balaban J connectivity index is 3.47. The molecule has 0 unspecified atom stereocenters. The van der Waals surface area contributed by atoms with Crippen molar-refractivity contribution in [3.05, 3.63) is 0 Å². The van der Waals surface area contributed by atoms with E-state index in [0.717, 1.165) is 4.90 Å². The number of carbonyl (C=O) groups excluding carboxylic acids is 15. The molecule has 1 fully saturated rings. The number of unbranched alkanes of at least 4 members (excludes halogenated alkanes) is 1. The zero-order chi connectivity index (χ0) is 98.0. The van der Waals surface area contributed by atoms with Crippen molar-refractivity contribution < 1.29 is 96.8 Å². The third kappa shape index (κ3) is 50.8. The Morgan fingerprint density at radius 1 is 0.338 bits per heavy atom. The van der Waals surface area contributed by atoms with E-state index in [4.69, 9.17) is 89.5 Å². The lowest BCUT2D eigenvalue weighted by Gasteiger charge is -2.31. The normalized spacial score (nSPS) is 14.4. The summed E-state index contributed by atoms with van der Waals surface area (Å²) >= 11 is 0. The number of hydrogen-bond donors (Lipinski definition) is 40. The molecule has 0 spiro atoms. The molecule has 1 saturated heterocycles. The Morgan fingerprint density at radius 3 is 0.946 bits per heavy atom. The topological polar surface area (TPSA) is 1010 Å². The number of carboxylic acid groups (broad SMARTS) is 2. The van der Waals surface area contributed by atoms with Gasteiger partial charge < -0.3 is 183 Å². The summed E-state index contributed by atoms with van der Waals surface area (Å²) in [6.07, 6.45) is -0.939. The summed E-state index contributed by atoms with van der Waals surface area (Å²) in [6.45, 7) is -2.80. The van der Waals surface area contributed by atoms with E-state index in [9.17, 15) is 96.8 Å². The fourth-order valence-corrected chi connectivity index (χ4v) is 12.4. The van der Waals surface area contributed by atoms with E-state index in [0.29, 0.717) is 6.42 Å². The van der Waals surface area contributed by atoms with Crippen molar-refractivity contribution in [2.24, 2.45) is 51.6 Å². The second-order valence-corrected chi connectivity index (χ2v) is 29.8. The molecule has 1 rings (SSSR count). The fourth-order valence-electron chi connectivity index (χ4n) is 12.4. The van der Waals surface area contributed by atoms with Crippen LogP contribution in [0.5, 0.6) is 0 Å². The number of likely N-dealkylation sites (tertiary alicyclic amines) is 1. The second kappa shape index (κ2) is 63.6. The minimum atomic E-state index is -1.76. The number of carboxylic acids is 2. The molecule has 0 aliphatic carbocycles. The molecule has 1 heterocycles. The maximum Gasteiger partial charge on any atom is 0.328 e. The summed E-state index contributed by atoms with van der Waals surface area (Å²) < 4.78 is 0. The molecule has 0 aromatic carbocycles. The van der Waals surface area contributed by atoms with E-state index in [2.05, 4.69) is 112 Å². The van der Waals surface area contributed by atoms with Crippen molar-refractivity contribution in [2.45, 2.75) is 214 Å². The van der Waals surface area contributed by atoms with Crippen LogP contribution in [0.4, 0.5) is 0 Å². The van der Waals surface area contributed by atoms with Crippen LogP contribution in [0.1, 0.15) is 142 Å². The number of nitrogens with two attached hydrogens (primary N) is 9. The minimum Gasteiger partial charge on any atom is -0.481 e. The largest absolute Gasteiger partial charge is 0.481 e. The molecule has 0 bridgehead atoms. The van der Waals surface area contributed by atoms with E-state index >= 15 is 0 Å². The predicted molar refractivity (Wildman–Crippen MR) is 468 cm³/mol. The quantitative estimate of drug-likeness (QED) is 0.0153. The molecule has 12 atom stereocenters. The van der Waals surface area contributed by atoms with Crippen molar-refractivity contribution in [3.63, 3.8) is 0 Å². The highest BCUT2D eigenvalue weighted by Gasteiger charge is 2.41. The number of nitrogens with zero attached hydrogens (tertiary/aromatic N) is 1. The van der Waals surface area contributed by atoms with Gasteiger partial charge in [-0.1, -0.05) is 0 Å². The zero-order valence-electron chi connectivity index (χ0n) is 72.6. The highest BCUT2D eigenvalue weighted by molar-refractivity contribution is 6.00. The number of rotatable bonds is 66. The standard InChI is InChI=1S/C72H134N38O20/c1-37(100-55(119)38(74)12-4-24-89-66(75)76)54(118)105-42(17-8-28-93-70(83)84)59(123)99-34-51(114)103-40(15-6-26-91-68(79)80)57(121)97-32-49(112)101-39(14-5-25-90-67(77)78)56(120)96-33-50(113)102-41(16-7-27-92-69(81)82)58(122)98-35-52(115)104-45(21-22-53(116)117)62(126)106-43(13-2-3-23-73)60(124)108-46(19-10-30-95-72(87)88)64(128)110-31-11-20-48(110)63(127)107-44(18-9-29-94-71(85)86)61(125)109-47(36-111)65(129)130/h37-48,111H,2-36,73-74H2,1H3,(H,96,120)(H,97,121)(H,98,122)(H,99,123)(H,100,119)(H,101,112)(H,102,113)(H,103,114)(H,104,115)(H,105,118)(H,106,126)(H,107,127)(H,108,124)(H,109,125)(H,116,117)(H,129,130)(H4,75,76,89)(H4,77,78,90)(H4,79,80,91)(H4,81,82,92)(H4,83,84,93)(H4,85,86,94)(H4,87,88,95)/t37-,38-,39-,40-,41-,42-,43-,44-,45-,46-,47-,48-/m0/s1. The third-order valence-electron chi connectivity index (χ3n) is 19.0. The lowest BCUT2D eigenvalue weighted by molar-refractivity contribution is -0.144. The Morgan fingerprint density at radius 2 is 0.623 bits per heavy atom. The summed E-state index contributed by atoms with van der Waals surface area (Å²) in [5.74, 6) is -20.2. The average molecular weight is 1850 g/mol. The lowest BCUT2D eigenvalue weighted by Crippen LogP contribution is -2.59. The van der Waals surface area contributed by atoms with Gasteiger partial charge in [0.05, 0.1) is 38.8 Å². The van der Waals surface area contributed by atoms with Crippen LogP contribution >= 0.6 is 0 Å². The van der Waals surface area contributed by atoms with E-state index in [-0.39, 0.29) is 186 Å². The molecule has 0 aromatic heterocycles. The summed E-state index contributed by atoms with van der Waals surface area (Å²) in [5.41, 5.74) is 49.6. The summed E-state index contributed by atoms with van der Waals surface area (Å²) in [5, 5.41) is 133. The number of nitrogens with one attached hydrogen (secondary N) is 28. The van der Waals surface area contributed by atoms with Crippen LogP contribution in [-0.2, 0) is 81.5 Å². The lowest BCUT2D eigenvalue weighted by atomic mass is 10.0. The van der Waals surface area contributed by atoms with Crippen LogP contribution in [0.25, 0.3) is 0 Å². The first kappa shape index (κ1) is 114. The van der Waals surface area contributed by atoms with Crippen LogP contribution in [0.15, 0.2) is 0 Å². The van der Waals surface area contributed by atoms with Crippen molar-refractivity contribution in [1.29, 1.82) is 37.9 Å². The first-order valence-electron chi connectivity index (χ1n) is 41.9. The van der Waals surface area contributed by atoms with Crippen molar-refractivity contribution in [2.75, 3.05) is 91.7 Å². The molecule has 732 valence electrons. The maximum absolute atomic E-state index is 14.7. The van der Waals surface area contributed by atoms with Crippen LogP contribution in [0, 0.1) is 37.9 Å². The molecule has 0 saturated carbocycles. The van der Waals surface area contributed by atoms with Gasteiger partial charge in [-0.15, -0.1) is 0 Å². The average Bonchev–Trinajstić information content (AvgIpc) is 1.76. The van der Waals surface area contributed by atoms with E-state index in [1.54, 1.807) is 0 Å². The van der Waals surface area contributed by atoms with Crippen molar-refractivity contribution >= 4 is 142 Å². The van der Waals surface area contributed by atoms with Crippen molar-refractivity contribution in [1.82, 2.24) is 117 Å². The van der Waals surface area contributed by atoms with Crippen molar-refractivity contribution in [3.8, 4) is 0 Å². The van der Waals surface area contributed by atoms with E-state index in [1.807, 2.05) is 0 Å². The Labute approximate surface area is 748 Å². The summed E-state index contributed by atoms with van der Waals surface area (Å²) in [6, 6.07) is -17.4. The maximum atomic E-state index is 14.7. The Kier molecular flexibility index (Phi) is 55.7. The predicted octanol–water partition coefficient (Wildman–Crippen LogP) is -15.4. The van der Waals surface area contributed by atoms with E-state index in [1.165, 1.54) is 6.92 Å². The second-order valence-electron chi connectivity index (χ2n) is 29.8. The number of aliphatic hydroxyl groups excluding tert-OH is 1. The highest BCUT2D eigenvalue weighted by Crippen LogP contribution is 2.21. The molecular weight excluding hydrogens is 1720 g/mol. The molecule has 15 amide bonds. The van der Waals surface area contributed by atoms with Crippen LogP contribution in [0.3, 0.4) is 0 Å². The Bertz CT molecular complexity index is 3860. The van der Waals surface area contributed by atoms with Gasteiger partial charge in [0.2, 0.25) is 88.6 Å². The van der Waals surface area contributed by atoms with Gasteiger partial charge in [-0.3, -0.25) is 115 Å². The van der Waals surface area contributed by atoms with Crippen LogP contribution in [-0.4, -0.2) is 327 Å². The smallest absolute Gasteiger partial charge is 0.328 e. The number of aliphatic hydroxyl groups is 1. The number of guanidine groups is 7. The Hall–Kier alpha value is -14.2. The summed E-state index contributed by atoms with van der Waals surface area (Å²) in [4.78, 5) is 232. The van der Waals surface area contributed by atoms with Gasteiger partial charge in [0, 0.05) is 58.8 Å². The molecule has 130 heavy (non-hydrogen) atoms. The number of hydrogen-bond acceptors (Lipinski definition) is 27.